The summed E-state index contributed by atoms with van der Waals surface area (Å²) in [5.41, 5.74) is 5.75. The number of rotatable bonds is 18. The molecule has 0 aliphatic heterocycles. The normalized spacial score (nSPS) is 16.2. The number of amides is 2. The van der Waals surface area contributed by atoms with Crippen LogP contribution in [0.4, 0.5) is 0 Å². The molecular formula is C23H47N5O4. The van der Waals surface area contributed by atoms with Crippen molar-refractivity contribution in [1.29, 1.82) is 0 Å². The van der Waals surface area contributed by atoms with Crippen molar-refractivity contribution in [3.63, 3.8) is 0 Å². The molecule has 0 bridgehead atoms. The third kappa shape index (κ3) is 11.9. The summed E-state index contributed by atoms with van der Waals surface area (Å²) < 4.78 is 0. The lowest BCUT2D eigenvalue weighted by Crippen LogP contribution is -2.60. The van der Waals surface area contributed by atoms with Gasteiger partial charge in [0.1, 0.15) is 12.1 Å². The van der Waals surface area contributed by atoms with Crippen LogP contribution in [-0.2, 0) is 14.4 Å². The zero-order valence-electron chi connectivity index (χ0n) is 20.9. The maximum absolute atomic E-state index is 12.7. The predicted molar refractivity (Wildman–Crippen MR) is 128 cm³/mol. The first-order valence-corrected chi connectivity index (χ1v) is 12.0. The molecular weight excluding hydrogens is 410 g/mol. The number of aliphatic hydroxyl groups excluding tert-OH is 1. The first kappa shape index (κ1) is 30.4. The van der Waals surface area contributed by atoms with Gasteiger partial charge in [0.25, 0.3) is 0 Å². The smallest absolute Gasteiger partial charge is 0.245 e. The Hall–Kier alpha value is -1.55. The molecule has 9 heteroatoms. The highest BCUT2D eigenvalue weighted by molar-refractivity contribution is 5.94. The Balaban J connectivity index is 4.79. The predicted octanol–water partition coefficient (Wildman–Crippen LogP) is 0.305. The third-order valence-corrected chi connectivity index (χ3v) is 5.71. The topological polar surface area (TPSA) is 146 Å². The van der Waals surface area contributed by atoms with Crippen LogP contribution in [-0.4, -0.2) is 73.6 Å². The Labute approximate surface area is 194 Å². The maximum Gasteiger partial charge on any atom is 0.245 e. The first-order valence-electron chi connectivity index (χ1n) is 12.0. The Morgan fingerprint density at radius 2 is 1.59 bits per heavy atom. The van der Waals surface area contributed by atoms with E-state index in [-0.39, 0.29) is 24.8 Å². The largest absolute Gasteiger partial charge is 0.391 e. The van der Waals surface area contributed by atoms with Crippen molar-refractivity contribution >= 4 is 17.6 Å². The lowest BCUT2D eigenvalue weighted by molar-refractivity contribution is -0.134. The van der Waals surface area contributed by atoms with E-state index in [0.717, 1.165) is 25.2 Å². The molecule has 7 N–H and O–H groups in total. The number of unbranched alkanes of at least 4 members (excludes halogenated alkanes) is 2. The Kier molecular flexibility index (Phi) is 16.2. The monoisotopic (exact) mass is 457 g/mol. The molecule has 0 radical (unpaired) electrons. The van der Waals surface area contributed by atoms with Crippen molar-refractivity contribution in [2.75, 3.05) is 26.7 Å². The van der Waals surface area contributed by atoms with Gasteiger partial charge in [-0.05, 0) is 32.9 Å². The van der Waals surface area contributed by atoms with Crippen LogP contribution in [0, 0.1) is 11.8 Å². The van der Waals surface area contributed by atoms with Crippen LogP contribution in [0.1, 0.15) is 66.7 Å². The average molecular weight is 458 g/mol. The van der Waals surface area contributed by atoms with Crippen LogP contribution in [0.5, 0.6) is 0 Å². The van der Waals surface area contributed by atoms with E-state index in [1.54, 1.807) is 20.9 Å². The Morgan fingerprint density at radius 1 is 0.938 bits per heavy atom. The molecule has 32 heavy (non-hydrogen) atoms. The van der Waals surface area contributed by atoms with E-state index >= 15 is 0 Å². The van der Waals surface area contributed by atoms with Gasteiger partial charge >= 0.3 is 0 Å². The van der Waals surface area contributed by atoms with Crippen LogP contribution in [0.3, 0.4) is 0 Å². The van der Waals surface area contributed by atoms with Crippen molar-refractivity contribution in [1.82, 2.24) is 21.3 Å². The molecule has 0 aromatic carbocycles. The highest BCUT2D eigenvalue weighted by Crippen LogP contribution is 2.11. The van der Waals surface area contributed by atoms with Gasteiger partial charge in [-0.15, -0.1) is 0 Å². The first-order chi connectivity index (χ1) is 15.1. The van der Waals surface area contributed by atoms with E-state index in [1.807, 2.05) is 0 Å². The third-order valence-electron chi connectivity index (χ3n) is 5.71. The van der Waals surface area contributed by atoms with Gasteiger partial charge in [-0.2, -0.15) is 0 Å². The molecule has 188 valence electrons. The Morgan fingerprint density at radius 3 is 2.09 bits per heavy atom. The van der Waals surface area contributed by atoms with Gasteiger partial charge in [-0.3, -0.25) is 14.4 Å². The van der Waals surface area contributed by atoms with Gasteiger partial charge < -0.3 is 32.1 Å². The molecule has 0 fully saturated rings. The van der Waals surface area contributed by atoms with Gasteiger partial charge in [0.05, 0.1) is 12.1 Å². The van der Waals surface area contributed by atoms with Gasteiger partial charge in [0.15, 0.2) is 5.78 Å². The van der Waals surface area contributed by atoms with Crippen molar-refractivity contribution in [2.24, 2.45) is 17.6 Å². The van der Waals surface area contributed by atoms with Crippen LogP contribution in [0.25, 0.3) is 0 Å². The van der Waals surface area contributed by atoms with Crippen LogP contribution >= 0.6 is 0 Å². The summed E-state index contributed by atoms with van der Waals surface area (Å²) in [5, 5.41) is 21.3. The minimum atomic E-state index is -1.19. The summed E-state index contributed by atoms with van der Waals surface area (Å²) in [4.78, 5) is 37.8. The number of Topliss-reactive ketones (excluding diaryl/α,β-unsaturated/α-hetero) is 1. The number of likely N-dealkylation sites (N-methyl/N-ethyl adjacent to an activating group) is 1. The number of ketones is 1. The van der Waals surface area contributed by atoms with Crippen LogP contribution < -0.4 is 27.0 Å². The van der Waals surface area contributed by atoms with Crippen molar-refractivity contribution in [3.05, 3.63) is 0 Å². The number of nitrogens with one attached hydrogen (secondary N) is 4. The number of hydrogen-bond donors (Lipinski definition) is 6. The molecule has 2 amide bonds. The second-order valence-corrected chi connectivity index (χ2v) is 9.01. The summed E-state index contributed by atoms with van der Waals surface area (Å²) >= 11 is 0. The lowest BCUT2D eigenvalue weighted by Gasteiger charge is -2.27. The van der Waals surface area contributed by atoms with Gasteiger partial charge in [-0.1, -0.05) is 53.4 Å². The summed E-state index contributed by atoms with van der Waals surface area (Å²) in [6.07, 6.45) is 4.42. The fraction of sp³-hybridized carbons (Fsp3) is 0.870. The molecule has 0 aliphatic rings. The zero-order chi connectivity index (χ0) is 24.7. The molecule has 0 saturated carbocycles. The van der Waals surface area contributed by atoms with E-state index in [4.69, 9.17) is 5.73 Å². The molecule has 0 rings (SSSR count). The van der Waals surface area contributed by atoms with E-state index in [0.29, 0.717) is 6.54 Å². The molecule has 0 aliphatic carbocycles. The average Bonchev–Trinajstić information content (AvgIpc) is 2.75. The van der Waals surface area contributed by atoms with Crippen molar-refractivity contribution < 1.29 is 19.5 Å². The van der Waals surface area contributed by atoms with E-state index in [1.165, 1.54) is 19.8 Å². The second kappa shape index (κ2) is 17.0. The molecule has 0 aromatic rings. The van der Waals surface area contributed by atoms with Gasteiger partial charge in [0.2, 0.25) is 11.8 Å². The van der Waals surface area contributed by atoms with Crippen molar-refractivity contribution in [2.45, 2.75) is 91.0 Å². The minimum Gasteiger partial charge on any atom is -0.391 e. The van der Waals surface area contributed by atoms with Gasteiger partial charge in [-0.25, -0.2) is 0 Å². The molecule has 0 saturated heterocycles. The lowest BCUT2D eigenvalue weighted by atomic mass is 10.0. The number of aliphatic hydroxyl groups is 1. The molecule has 0 spiro atoms. The fourth-order valence-corrected chi connectivity index (χ4v) is 3.31. The molecule has 5 atom stereocenters. The van der Waals surface area contributed by atoms with E-state index in [2.05, 4.69) is 35.1 Å². The second-order valence-electron chi connectivity index (χ2n) is 9.01. The SMILES string of the molecule is CC[C@H](C)CCCCCN[C@@H](CN)C(=O)N[C@H](C(=O)N[C@@H](CNC)C(=O)C(C)C)[C@H](C)O. The standard InChI is InChI=1S/C23H47N5O4/c1-7-16(4)11-9-8-10-12-26-18(13-24)22(31)28-20(17(5)29)23(32)27-19(14-25-6)21(30)15(2)3/h15-20,25-26,29H,7-14,24H2,1-6H3,(H,27,32)(H,28,31)/t16-,17-,18-,19-,20-/m0/s1. The van der Waals surface area contributed by atoms with E-state index < -0.39 is 36.0 Å². The number of carbonyl (C=O) groups excluding carboxylic acids is 3. The number of nitrogens with two attached hydrogens (primary N) is 1. The zero-order valence-corrected chi connectivity index (χ0v) is 20.9. The van der Waals surface area contributed by atoms with Gasteiger partial charge in [0, 0.05) is 19.0 Å². The molecule has 0 unspecified atom stereocenters. The molecule has 0 aromatic heterocycles. The molecule has 0 heterocycles. The summed E-state index contributed by atoms with van der Waals surface area (Å²) in [7, 11) is 1.68. The van der Waals surface area contributed by atoms with Crippen LogP contribution in [0.15, 0.2) is 0 Å². The summed E-state index contributed by atoms with van der Waals surface area (Å²) in [5.74, 6) is -0.711. The highest BCUT2D eigenvalue weighted by Gasteiger charge is 2.31. The minimum absolute atomic E-state index is 0.0705. The summed E-state index contributed by atoms with van der Waals surface area (Å²) in [6, 6.07) is -2.60. The highest BCUT2D eigenvalue weighted by atomic mass is 16.3. The van der Waals surface area contributed by atoms with Crippen LogP contribution in [0.2, 0.25) is 0 Å². The number of hydrogen-bond acceptors (Lipinski definition) is 7. The van der Waals surface area contributed by atoms with E-state index in [9.17, 15) is 19.5 Å². The maximum atomic E-state index is 12.7. The summed E-state index contributed by atoms with van der Waals surface area (Å²) in [6.45, 7) is 10.4. The fourth-order valence-electron chi connectivity index (χ4n) is 3.31. The quantitative estimate of drug-likeness (QED) is 0.162. The van der Waals surface area contributed by atoms with Crippen molar-refractivity contribution in [3.8, 4) is 0 Å². The Bertz CT molecular complexity index is 557. The molecule has 9 nitrogen and oxygen atoms in total. The number of carbonyl (C=O) groups is 3.